The van der Waals surface area contributed by atoms with Gasteiger partial charge in [-0.25, -0.2) is 0 Å². The van der Waals surface area contributed by atoms with E-state index < -0.39 is 6.10 Å². The number of amides is 1. The highest BCUT2D eigenvalue weighted by molar-refractivity contribution is 5.94. The summed E-state index contributed by atoms with van der Waals surface area (Å²) < 4.78 is 7.39. The molecule has 0 spiro atoms. The molecule has 1 aromatic carbocycles. The van der Waals surface area contributed by atoms with Gasteiger partial charge in [-0.2, -0.15) is 0 Å². The zero-order valence-corrected chi connectivity index (χ0v) is 13.5. The van der Waals surface area contributed by atoms with E-state index in [-0.39, 0.29) is 12.0 Å². The van der Waals surface area contributed by atoms with Crippen LogP contribution in [-0.4, -0.2) is 52.4 Å². The van der Waals surface area contributed by atoms with Gasteiger partial charge in [0.15, 0.2) is 0 Å². The maximum Gasteiger partial charge on any atom is 0.270 e. The van der Waals surface area contributed by atoms with Crippen molar-refractivity contribution in [3.8, 4) is 11.3 Å². The average molecular weight is 314 g/mol. The summed E-state index contributed by atoms with van der Waals surface area (Å²) in [6.07, 6.45) is -0.912. The molecule has 0 bridgehead atoms. The molecule has 23 heavy (non-hydrogen) atoms. The van der Waals surface area contributed by atoms with Gasteiger partial charge in [-0.3, -0.25) is 4.79 Å². The molecular weight excluding hydrogens is 292 g/mol. The average Bonchev–Trinajstić information content (AvgIpc) is 3.12. The first-order valence-electron chi connectivity index (χ1n) is 7.92. The molecule has 5 heteroatoms. The Morgan fingerprint density at radius 1 is 1.22 bits per heavy atom. The monoisotopic (exact) mass is 314 g/mol. The number of aliphatic hydroxyl groups is 1. The fourth-order valence-electron chi connectivity index (χ4n) is 3.09. The molecule has 1 aliphatic heterocycles. The molecule has 0 radical (unpaired) electrons. The summed E-state index contributed by atoms with van der Waals surface area (Å²) in [4.78, 5) is 14.4. The highest BCUT2D eigenvalue weighted by atomic mass is 16.5. The summed E-state index contributed by atoms with van der Waals surface area (Å²) in [5, 5.41) is 10.0. The molecule has 2 heterocycles. The van der Waals surface area contributed by atoms with Crippen LogP contribution in [0.3, 0.4) is 0 Å². The third-order valence-corrected chi connectivity index (χ3v) is 4.32. The Labute approximate surface area is 136 Å². The number of carbonyl (C=O) groups excluding carboxylic acids is 1. The Morgan fingerprint density at radius 2 is 1.96 bits per heavy atom. The van der Waals surface area contributed by atoms with Crippen molar-refractivity contribution in [2.75, 3.05) is 19.7 Å². The first-order chi connectivity index (χ1) is 11.1. The van der Waals surface area contributed by atoms with Gasteiger partial charge in [-0.1, -0.05) is 30.3 Å². The second kappa shape index (κ2) is 6.56. The SMILES string of the molecule is CCO[C@@H]1CN(C(=O)c2ccc(-c3ccccc3)n2C)C[C@H]1O. The molecule has 0 saturated carbocycles. The number of hydrogen-bond acceptors (Lipinski definition) is 3. The number of hydrogen-bond donors (Lipinski definition) is 1. The van der Waals surface area contributed by atoms with Crippen LogP contribution in [0.2, 0.25) is 0 Å². The van der Waals surface area contributed by atoms with Gasteiger partial charge < -0.3 is 19.3 Å². The lowest BCUT2D eigenvalue weighted by atomic mass is 10.2. The van der Waals surface area contributed by atoms with Gasteiger partial charge in [0.05, 0.1) is 6.10 Å². The van der Waals surface area contributed by atoms with Crippen LogP contribution in [0.25, 0.3) is 11.3 Å². The maximum absolute atomic E-state index is 12.7. The molecule has 1 N–H and O–H groups in total. The zero-order valence-electron chi connectivity index (χ0n) is 13.5. The highest BCUT2D eigenvalue weighted by Gasteiger charge is 2.35. The molecule has 1 fully saturated rings. The second-order valence-corrected chi connectivity index (χ2v) is 5.80. The third-order valence-electron chi connectivity index (χ3n) is 4.32. The molecular formula is C18H22N2O3. The molecule has 1 saturated heterocycles. The normalized spacial score (nSPS) is 20.9. The Bertz CT molecular complexity index is 681. The number of carbonyl (C=O) groups is 1. The van der Waals surface area contributed by atoms with E-state index in [0.717, 1.165) is 11.3 Å². The van der Waals surface area contributed by atoms with Crippen molar-refractivity contribution < 1.29 is 14.6 Å². The van der Waals surface area contributed by atoms with Gasteiger partial charge in [0.25, 0.3) is 5.91 Å². The number of benzene rings is 1. The third kappa shape index (κ3) is 3.02. The van der Waals surface area contributed by atoms with Gasteiger partial charge in [0.1, 0.15) is 11.8 Å². The van der Waals surface area contributed by atoms with Gasteiger partial charge in [-0.15, -0.1) is 0 Å². The van der Waals surface area contributed by atoms with E-state index in [2.05, 4.69) is 0 Å². The van der Waals surface area contributed by atoms with Crippen LogP contribution in [0, 0.1) is 0 Å². The van der Waals surface area contributed by atoms with Gasteiger partial charge in [0.2, 0.25) is 0 Å². The summed E-state index contributed by atoms with van der Waals surface area (Å²) in [6, 6.07) is 13.8. The fourth-order valence-corrected chi connectivity index (χ4v) is 3.09. The summed E-state index contributed by atoms with van der Waals surface area (Å²) >= 11 is 0. The van der Waals surface area contributed by atoms with Crippen LogP contribution in [-0.2, 0) is 11.8 Å². The number of aliphatic hydroxyl groups excluding tert-OH is 1. The van der Waals surface area contributed by atoms with E-state index in [0.29, 0.717) is 25.4 Å². The van der Waals surface area contributed by atoms with E-state index in [1.54, 1.807) is 4.90 Å². The van der Waals surface area contributed by atoms with Crippen LogP contribution in [0.1, 0.15) is 17.4 Å². The van der Waals surface area contributed by atoms with Crippen molar-refractivity contribution in [2.24, 2.45) is 7.05 Å². The Kier molecular flexibility index (Phi) is 4.50. The molecule has 3 rings (SSSR count). The largest absolute Gasteiger partial charge is 0.388 e. The van der Waals surface area contributed by atoms with E-state index in [1.807, 2.05) is 61.0 Å². The zero-order chi connectivity index (χ0) is 16.4. The van der Waals surface area contributed by atoms with Crippen LogP contribution >= 0.6 is 0 Å². The van der Waals surface area contributed by atoms with Crippen molar-refractivity contribution in [3.63, 3.8) is 0 Å². The van der Waals surface area contributed by atoms with E-state index in [1.165, 1.54) is 0 Å². The molecule has 2 atom stereocenters. The number of rotatable bonds is 4. The topological polar surface area (TPSA) is 54.7 Å². The van der Waals surface area contributed by atoms with Crippen LogP contribution < -0.4 is 0 Å². The number of ether oxygens (including phenoxy) is 1. The quantitative estimate of drug-likeness (QED) is 0.938. The minimum Gasteiger partial charge on any atom is -0.388 e. The van der Waals surface area contributed by atoms with Crippen molar-refractivity contribution in [2.45, 2.75) is 19.1 Å². The van der Waals surface area contributed by atoms with Crippen LogP contribution in [0.4, 0.5) is 0 Å². The van der Waals surface area contributed by atoms with E-state index >= 15 is 0 Å². The predicted octanol–water partition coefficient (Wildman–Crippen LogP) is 1.91. The standard InChI is InChI=1S/C18H22N2O3/c1-3-23-17-12-20(11-16(17)21)18(22)15-10-9-14(19(15)2)13-7-5-4-6-8-13/h4-10,16-17,21H,3,11-12H2,1-2H3/t16-,17-/m1/s1. The van der Waals surface area contributed by atoms with Gasteiger partial charge >= 0.3 is 0 Å². The van der Waals surface area contributed by atoms with Crippen molar-refractivity contribution in [3.05, 3.63) is 48.2 Å². The summed E-state index contributed by atoms with van der Waals surface area (Å²) in [6.45, 7) is 3.17. The van der Waals surface area contributed by atoms with E-state index in [9.17, 15) is 9.90 Å². The lowest BCUT2D eigenvalue weighted by Crippen LogP contribution is -2.31. The van der Waals surface area contributed by atoms with Gasteiger partial charge in [-0.05, 0) is 24.6 Å². The first-order valence-corrected chi connectivity index (χ1v) is 7.92. The predicted molar refractivity (Wildman–Crippen MR) is 88.2 cm³/mol. The lowest BCUT2D eigenvalue weighted by molar-refractivity contribution is -0.00237. The van der Waals surface area contributed by atoms with Crippen molar-refractivity contribution in [1.82, 2.24) is 9.47 Å². The molecule has 2 aromatic rings. The fraction of sp³-hybridized carbons (Fsp3) is 0.389. The Hall–Kier alpha value is -2.11. The van der Waals surface area contributed by atoms with Gasteiger partial charge in [0, 0.05) is 32.4 Å². The maximum atomic E-state index is 12.7. The molecule has 122 valence electrons. The number of nitrogens with zero attached hydrogens (tertiary/aromatic N) is 2. The summed E-state index contributed by atoms with van der Waals surface area (Å²) in [5.74, 6) is -0.0732. The first kappa shape index (κ1) is 15.8. The molecule has 1 aliphatic rings. The molecule has 1 amide bonds. The van der Waals surface area contributed by atoms with Crippen molar-refractivity contribution >= 4 is 5.91 Å². The number of β-amino-alcohol motifs (C(OH)–C–C–N with tert-alkyl or cyclic N) is 1. The summed E-state index contributed by atoms with van der Waals surface area (Å²) in [5.41, 5.74) is 2.69. The highest BCUT2D eigenvalue weighted by Crippen LogP contribution is 2.23. The van der Waals surface area contributed by atoms with Crippen LogP contribution in [0.15, 0.2) is 42.5 Å². The Morgan fingerprint density at radius 3 is 2.65 bits per heavy atom. The smallest absolute Gasteiger partial charge is 0.270 e. The number of aromatic nitrogens is 1. The molecule has 5 nitrogen and oxygen atoms in total. The van der Waals surface area contributed by atoms with E-state index in [4.69, 9.17) is 4.74 Å². The minimum absolute atomic E-state index is 0.0732. The summed E-state index contributed by atoms with van der Waals surface area (Å²) in [7, 11) is 1.89. The number of likely N-dealkylation sites (tertiary alicyclic amines) is 1. The molecule has 0 unspecified atom stereocenters. The molecule has 1 aromatic heterocycles. The minimum atomic E-state index is -0.618. The molecule has 0 aliphatic carbocycles. The van der Waals surface area contributed by atoms with Crippen molar-refractivity contribution in [1.29, 1.82) is 0 Å². The second-order valence-electron chi connectivity index (χ2n) is 5.80. The van der Waals surface area contributed by atoms with Crippen LogP contribution in [0.5, 0.6) is 0 Å². The lowest BCUT2D eigenvalue weighted by Gasteiger charge is -2.17. The Balaban J connectivity index is 1.80.